The molecule has 1 fully saturated rings. The van der Waals surface area contributed by atoms with E-state index in [-0.39, 0.29) is 22.7 Å². The first kappa shape index (κ1) is 19.2. The fourth-order valence-electron chi connectivity index (χ4n) is 2.70. The van der Waals surface area contributed by atoms with Crippen molar-refractivity contribution in [2.75, 3.05) is 7.11 Å². The van der Waals surface area contributed by atoms with Crippen LogP contribution in [0.3, 0.4) is 0 Å². The number of methoxy groups -OCH3 is 1. The zero-order valence-electron chi connectivity index (χ0n) is 13.5. The van der Waals surface area contributed by atoms with Gasteiger partial charge in [-0.1, -0.05) is 74.4 Å². The summed E-state index contributed by atoms with van der Waals surface area (Å²) in [6, 6.07) is 0. The van der Waals surface area contributed by atoms with Crippen LogP contribution in [0.25, 0.3) is 0 Å². The molecule has 0 aromatic carbocycles. The SMILES string of the molecule is CCCC[C@@H]1C[C@]1(/C=C/C1=C[CH]C=C1)OC.[CH]1C=CC=C1.[Fe]. The molecule has 0 amide bonds. The average molecular weight is 338 g/mol. The molecular formula is C20H26FeO. The average Bonchev–Trinajstić information content (AvgIpc) is 3.00. The van der Waals surface area contributed by atoms with Crippen LogP contribution in [0.4, 0.5) is 0 Å². The van der Waals surface area contributed by atoms with E-state index in [9.17, 15) is 0 Å². The Labute approximate surface area is 146 Å². The maximum Gasteiger partial charge on any atom is 0.0894 e. The first-order valence-corrected chi connectivity index (χ1v) is 7.93. The Bertz CT molecular complexity index is 460. The Morgan fingerprint density at radius 1 is 1.18 bits per heavy atom. The Morgan fingerprint density at radius 3 is 2.45 bits per heavy atom. The molecule has 3 rings (SSSR count). The summed E-state index contributed by atoms with van der Waals surface area (Å²) in [4.78, 5) is 0. The minimum Gasteiger partial charge on any atom is -0.374 e. The second-order valence-electron chi connectivity index (χ2n) is 5.72. The number of hydrogen-bond acceptors (Lipinski definition) is 1. The van der Waals surface area contributed by atoms with E-state index >= 15 is 0 Å². The normalized spacial score (nSPS) is 27.5. The zero-order chi connectivity index (χ0) is 15.0. The number of ether oxygens (including phenoxy) is 1. The zero-order valence-corrected chi connectivity index (χ0v) is 14.6. The van der Waals surface area contributed by atoms with Gasteiger partial charge in [-0.15, -0.1) is 0 Å². The van der Waals surface area contributed by atoms with Gasteiger partial charge in [-0.3, -0.25) is 0 Å². The van der Waals surface area contributed by atoms with Gasteiger partial charge in [0.05, 0.1) is 5.60 Å². The molecule has 0 aromatic rings. The monoisotopic (exact) mass is 338 g/mol. The molecule has 3 aliphatic carbocycles. The summed E-state index contributed by atoms with van der Waals surface area (Å²) in [5, 5.41) is 0. The predicted molar refractivity (Wildman–Crippen MR) is 90.6 cm³/mol. The van der Waals surface area contributed by atoms with Crippen LogP contribution in [0.15, 0.2) is 60.3 Å². The number of hydrogen-bond donors (Lipinski definition) is 0. The Balaban J connectivity index is 0.000000344. The van der Waals surface area contributed by atoms with Crippen molar-refractivity contribution in [3.05, 3.63) is 73.1 Å². The van der Waals surface area contributed by atoms with Crippen LogP contribution in [0.5, 0.6) is 0 Å². The molecule has 0 heterocycles. The van der Waals surface area contributed by atoms with E-state index in [1.807, 2.05) is 37.8 Å². The van der Waals surface area contributed by atoms with Gasteiger partial charge in [0.2, 0.25) is 0 Å². The summed E-state index contributed by atoms with van der Waals surface area (Å²) >= 11 is 0. The van der Waals surface area contributed by atoms with Gasteiger partial charge in [-0.25, -0.2) is 0 Å². The van der Waals surface area contributed by atoms with Crippen LogP contribution >= 0.6 is 0 Å². The van der Waals surface area contributed by atoms with Crippen LogP contribution < -0.4 is 0 Å². The van der Waals surface area contributed by atoms with Crippen molar-refractivity contribution < 1.29 is 21.8 Å². The first-order chi connectivity index (χ1) is 10.3. The summed E-state index contributed by atoms with van der Waals surface area (Å²) < 4.78 is 5.67. The standard InChI is InChI=1S/C15H21O.C5H5.Fe/c1-3-4-9-14-12-15(14,16-2)11-10-13-7-5-6-8-13;1-2-4-5-3-1;/h5-8,10-11,14H,3-4,9,12H2,1-2H3;1-5H;/b11-10+;;/t14-,15+;;/m1../s1. The van der Waals surface area contributed by atoms with E-state index in [0.717, 1.165) is 5.92 Å². The van der Waals surface area contributed by atoms with Gasteiger partial charge in [0.1, 0.15) is 0 Å². The summed E-state index contributed by atoms with van der Waals surface area (Å²) in [5.74, 6) is 0.740. The predicted octanol–water partition coefficient (Wildman–Crippen LogP) is 5.15. The van der Waals surface area contributed by atoms with Crippen molar-refractivity contribution in [2.45, 2.75) is 38.2 Å². The van der Waals surface area contributed by atoms with Gasteiger partial charge < -0.3 is 4.74 Å². The number of unbranched alkanes of at least 4 members (excludes halogenated alkanes) is 1. The summed E-state index contributed by atoms with van der Waals surface area (Å²) in [7, 11) is 1.83. The molecule has 1 saturated carbocycles. The quantitative estimate of drug-likeness (QED) is 0.609. The van der Waals surface area contributed by atoms with E-state index in [4.69, 9.17) is 4.74 Å². The molecular weight excluding hydrogens is 312 g/mol. The van der Waals surface area contributed by atoms with Gasteiger partial charge in [0.25, 0.3) is 0 Å². The van der Waals surface area contributed by atoms with Crippen LogP contribution in [-0.2, 0) is 21.8 Å². The van der Waals surface area contributed by atoms with E-state index in [0.29, 0.717) is 0 Å². The maximum atomic E-state index is 5.67. The maximum absolute atomic E-state index is 5.67. The molecule has 22 heavy (non-hydrogen) atoms. The van der Waals surface area contributed by atoms with Crippen molar-refractivity contribution in [1.29, 1.82) is 0 Å². The third kappa shape index (κ3) is 5.76. The topological polar surface area (TPSA) is 9.23 Å². The minimum absolute atomic E-state index is 0. The molecule has 2 heteroatoms. The Hall–Kier alpha value is -0.821. The molecule has 2 atom stereocenters. The van der Waals surface area contributed by atoms with E-state index in [2.05, 4.69) is 43.7 Å². The minimum atomic E-state index is 0. The second-order valence-corrected chi connectivity index (χ2v) is 5.72. The molecule has 0 bridgehead atoms. The summed E-state index contributed by atoms with van der Waals surface area (Å²) in [6.45, 7) is 2.25. The molecule has 0 aromatic heterocycles. The third-order valence-corrected chi connectivity index (χ3v) is 4.18. The molecule has 2 radical (unpaired) electrons. The van der Waals surface area contributed by atoms with Gasteiger partial charge in [-0.2, -0.15) is 0 Å². The summed E-state index contributed by atoms with van der Waals surface area (Å²) in [6.07, 6.45) is 27.9. The Kier molecular flexibility index (Phi) is 8.78. The second kappa shape index (κ2) is 10.0. The fourth-order valence-corrected chi connectivity index (χ4v) is 2.70. The van der Waals surface area contributed by atoms with Crippen LogP contribution in [-0.4, -0.2) is 12.7 Å². The first-order valence-electron chi connectivity index (χ1n) is 7.93. The van der Waals surface area contributed by atoms with Crippen molar-refractivity contribution >= 4 is 0 Å². The molecule has 1 nitrogen and oxygen atoms in total. The van der Waals surface area contributed by atoms with E-state index in [1.165, 1.54) is 31.3 Å². The van der Waals surface area contributed by atoms with Gasteiger partial charge >= 0.3 is 0 Å². The van der Waals surface area contributed by atoms with Crippen molar-refractivity contribution in [3.8, 4) is 0 Å². The number of rotatable bonds is 6. The van der Waals surface area contributed by atoms with Gasteiger partial charge in [-0.05, 0) is 24.3 Å². The largest absolute Gasteiger partial charge is 0.374 e. The van der Waals surface area contributed by atoms with Gasteiger partial charge in [0.15, 0.2) is 0 Å². The van der Waals surface area contributed by atoms with Crippen molar-refractivity contribution in [3.63, 3.8) is 0 Å². The van der Waals surface area contributed by atoms with Crippen molar-refractivity contribution in [1.82, 2.24) is 0 Å². The van der Waals surface area contributed by atoms with Gasteiger partial charge in [0, 0.05) is 37.0 Å². The Morgan fingerprint density at radius 2 is 1.95 bits per heavy atom. The summed E-state index contributed by atoms with van der Waals surface area (Å²) in [5.41, 5.74) is 1.32. The molecule has 0 N–H and O–H groups in total. The molecule has 120 valence electrons. The molecule has 0 unspecified atom stereocenters. The van der Waals surface area contributed by atoms with Crippen molar-refractivity contribution in [2.24, 2.45) is 5.92 Å². The van der Waals surface area contributed by atoms with Crippen LogP contribution in [0, 0.1) is 18.8 Å². The molecule has 3 aliphatic rings. The third-order valence-electron chi connectivity index (χ3n) is 4.18. The smallest absolute Gasteiger partial charge is 0.0894 e. The number of allylic oxidation sites excluding steroid dienone is 9. The molecule has 0 aliphatic heterocycles. The van der Waals surface area contributed by atoms with Crippen LogP contribution in [0.1, 0.15) is 32.6 Å². The molecule has 0 spiro atoms. The fraction of sp³-hybridized carbons (Fsp3) is 0.400. The molecule has 0 saturated heterocycles. The van der Waals surface area contributed by atoms with E-state index in [1.54, 1.807) is 0 Å². The van der Waals surface area contributed by atoms with E-state index < -0.39 is 0 Å². The van der Waals surface area contributed by atoms with Crippen LogP contribution in [0.2, 0.25) is 0 Å².